The highest BCUT2D eigenvalue weighted by Gasteiger charge is 2.20. The van der Waals surface area contributed by atoms with Gasteiger partial charge in [-0.2, -0.15) is 0 Å². The minimum Gasteiger partial charge on any atom is -0.317 e. The van der Waals surface area contributed by atoms with E-state index in [2.05, 4.69) is 18.8 Å². The van der Waals surface area contributed by atoms with E-state index in [-0.39, 0.29) is 12.1 Å². The Kier molecular flexibility index (Phi) is 4.34. The van der Waals surface area contributed by atoms with Gasteiger partial charge in [-0.3, -0.25) is 4.57 Å². The van der Waals surface area contributed by atoms with E-state index in [9.17, 15) is 4.79 Å². The first kappa shape index (κ1) is 13.3. The van der Waals surface area contributed by atoms with Crippen LogP contribution in [0.25, 0.3) is 0 Å². The Balaban J connectivity index is 2.19. The number of benzene rings is 1. The first-order valence-corrected chi connectivity index (χ1v) is 6.55. The van der Waals surface area contributed by atoms with Crippen LogP contribution in [0.5, 0.6) is 0 Å². The molecule has 0 aliphatic carbocycles. The van der Waals surface area contributed by atoms with Crippen molar-refractivity contribution in [1.82, 2.24) is 14.5 Å². The number of nitrogens with zero attached hydrogens (tertiary/aromatic N) is 3. The Morgan fingerprint density at radius 2 is 2.11 bits per heavy atom. The largest absolute Gasteiger partial charge is 0.329 e. The Morgan fingerprint density at radius 1 is 1.37 bits per heavy atom. The van der Waals surface area contributed by atoms with Crippen molar-refractivity contribution in [2.24, 2.45) is 0 Å². The molecular weight excluding hydrogens is 238 g/mol. The summed E-state index contributed by atoms with van der Waals surface area (Å²) in [5.74, 6) is 0. The van der Waals surface area contributed by atoms with Gasteiger partial charge in [0.1, 0.15) is 6.33 Å². The smallest absolute Gasteiger partial charge is 0.317 e. The van der Waals surface area contributed by atoms with Crippen molar-refractivity contribution in [3.63, 3.8) is 0 Å². The Hall–Kier alpha value is -2.10. The van der Waals surface area contributed by atoms with Crippen molar-refractivity contribution in [2.45, 2.75) is 32.9 Å². The fourth-order valence-corrected chi connectivity index (χ4v) is 1.93. The molecule has 0 saturated carbocycles. The molecule has 19 heavy (non-hydrogen) atoms. The summed E-state index contributed by atoms with van der Waals surface area (Å²) in [6.07, 6.45) is 5.77. The lowest BCUT2D eigenvalue weighted by molar-refractivity contribution is 0.175. The van der Waals surface area contributed by atoms with E-state index in [4.69, 9.17) is 0 Å². The van der Waals surface area contributed by atoms with Gasteiger partial charge in [0, 0.05) is 25.0 Å². The van der Waals surface area contributed by atoms with Gasteiger partial charge in [-0.05, 0) is 18.9 Å². The van der Waals surface area contributed by atoms with E-state index in [1.807, 2.05) is 35.2 Å². The maximum absolute atomic E-state index is 12.5. The fraction of sp³-hybridized carbons (Fsp3) is 0.333. The monoisotopic (exact) mass is 257 g/mol. The van der Waals surface area contributed by atoms with Crippen molar-refractivity contribution in [3.8, 4) is 0 Å². The number of amides is 1. The summed E-state index contributed by atoms with van der Waals surface area (Å²) in [5.41, 5.74) is 1.14. The molecule has 0 spiro atoms. The zero-order chi connectivity index (χ0) is 13.7. The third kappa shape index (κ3) is 3.22. The SMILES string of the molecule is CCC(C)N(Cc1ccccc1)C(=O)n1ccnc1. The molecule has 1 aromatic heterocycles. The highest BCUT2D eigenvalue weighted by atomic mass is 16.2. The van der Waals surface area contributed by atoms with Crippen molar-refractivity contribution in [3.05, 3.63) is 54.6 Å². The van der Waals surface area contributed by atoms with Crippen LogP contribution in [-0.4, -0.2) is 26.5 Å². The molecule has 1 heterocycles. The van der Waals surface area contributed by atoms with Crippen molar-refractivity contribution in [2.75, 3.05) is 0 Å². The highest BCUT2D eigenvalue weighted by molar-refractivity contribution is 5.77. The molecule has 0 saturated heterocycles. The molecule has 2 rings (SSSR count). The molecular formula is C15H19N3O. The van der Waals surface area contributed by atoms with Gasteiger partial charge in [-0.25, -0.2) is 9.78 Å². The molecule has 4 nitrogen and oxygen atoms in total. The topological polar surface area (TPSA) is 38.1 Å². The van der Waals surface area contributed by atoms with Gasteiger partial charge in [0.05, 0.1) is 0 Å². The molecule has 1 aromatic carbocycles. The summed E-state index contributed by atoms with van der Waals surface area (Å²) in [7, 11) is 0. The second-order valence-corrected chi connectivity index (χ2v) is 4.62. The molecule has 1 unspecified atom stereocenters. The van der Waals surface area contributed by atoms with Crippen LogP contribution in [0, 0.1) is 0 Å². The molecule has 0 aliphatic heterocycles. The number of imidazole rings is 1. The van der Waals surface area contributed by atoms with Gasteiger partial charge in [0.25, 0.3) is 0 Å². The van der Waals surface area contributed by atoms with Gasteiger partial charge in [0.15, 0.2) is 0 Å². The Labute approximate surface area is 113 Å². The summed E-state index contributed by atoms with van der Waals surface area (Å²) in [6.45, 7) is 4.77. The minimum absolute atomic E-state index is 0.0318. The fourth-order valence-electron chi connectivity index (χ4n) is 1.93. The summed E-state index contributed by atoms with van der Waals surface area (Å²) in [6, 6.07) is 10.2. The van der Waals surface area contributed by atoms with E-state index in [0.29, 0.717) is 6.54 Å². The van der Waals surface area contributed by atoms with E-state index in [0.717, 1.165) is 12.0 Å². The molecule has 0 aliphatic rings. The first-order valence-electron chi connectivity index (χ1n) is 6.55. The number of carbonyl (C=O) groups is 1. The predicted molar refractivity (Wildman–Crippen MR) is 74.8 cm³/mol. The second-order valence-electron chi connectivity index (χ2n) is 4.62. The average Bonchev–Trinajstić information content (AvgIpc) is 2.98. The third-order valence-corrected chi connectivity index (χ3v) is 3.29. The van der Waals surface area contributed by atoms with Gasteiger partial charge < -0.3 is 4.90 Å². The standard InChI is InChI=1S/C15H19N3O/c1-3-13(2)18(11-14-7-5-4-6-8-14)15(19)17-10-9-16-12-17/h4-10,12-13H,3,11H2,1-2H3. The van der Waals surface area contributed by atoms with Gasteiger partial charge in [-0.1, -0.05) is 37.3 Å². The third-order valence-electron chi connectivity index (χ3n) is 3.29. The molecule has 1 amide bonds. The molecule has 2 aromatic rings. The number of carbonyl (C=O) groups excluding carboxylic acids is 1. The summed E-state index contributed by atoms with van der Waals surface area (Å²) in [5, 5.41) is 0. The summed E-state index contributed by atoms with van der Waals surface area (Å²) < 4.78 is 1.52. The van der Waals surface area contributed by atoms with Crippen LogP contribution in [0.2, 0.25) is 0 Å². The zero-order valence-electron chi connectivity index (χ0n) is 11.4. The molecule has 0 N–H and O–H groups in total. The predicted octanol–water partition coefficient (Wildman–Crippen LogP) is 3.15. The first-order chi connectivity index (χ1) is 9.22. The molecule has 0 radical (unpaired) electrons. The van der Waals surface area contributed by atoms with Crippen LogP contribution in [-0.2, 0) is 6.54 Å². The van der Waals surface area contributed by atoms with E-state index in [1.165, 1.54) is 4.57 Å². The Bertz CT molecular complexity index is 507. The van der Waals surface area contributed by atoms with Crippen LogP contribution in [0.15, 0.2) is 49.1 Å². The molecule has 4 heteroatoms. The van der Waals surface area contributed by atoms with Crippen LogP contribution >= 0.6 is 0 Å². The van der Waals surface area contributed by atoms with Crippen molar-refractivity contribution in [1.29, 1.82) is 0 Å². The van der Waals surface area contributed by atoms with E-state index >= 15 is 0 Å². The second kappa shape index (κ2) is 6.18. The average molecular weight is 257 g/mol. The Morgan fingerprint density at radius 3 is 2.68 bits per heavy atom. The highest BCUT2D eigenvalue weighted by Crippen LogP contribution is 2.12. The summed E-state index contributed by atoms with van der Waals surface area (Å²) in [4.78, 5) is 18.3. The quantitative estimate of drug-likeness (QED) is 0.844. The maximum atomic E-state index is 12.5. The van der Waals surface area contributed by atoms with E-state index < -0.39 is 0 Å². The molecule has 1 atom stereocenters. The number of aromatic nitrogens is 2. The lowest BCUT2D eigenvalue weighted by Gasteiger charge is -2.28. The van der Waals surface area contributed by atoms with E-state index in [1.54, 1.807) is 18.7 Å². The molecule has 0 bridgehead atoms. The molecule has 0 fully saturated rings. The maximum Gasteiger partial charge on any atom is 0.329 e. The number of rotatable bonds is 4. The van der Waals surface area contributed by atoms with Gasteiger partial charge >= 0.3 is 6.03 Å². The molecule has 100 valence electrons. The summed E-state index contributed by atoms with van der Waals surface area (Å²) >= 11 is 0. The van der Waals surface area contributed by atoms with Crippen LogP contribution in [0.4, 0.5) is 4.79 Å². The zero-order valence-corrected chi connectivity index (χ0v) is 11.4. The normalized spacial score (nSPS) is 12.1. The number of hydrogen-bond acceptors (Lipinski definition) is 2. The minimum atomic E-state index is -0.0318. The van der Waals surface area contributed by atoms with Crippen LogP contribution in [0.3, 0.4) is 0 Å². The van der Waals surface area contributed by atoms with Crippen molar-refractivity contribution < 1.29 is 4.79 Å². The van der Waals surface area contributed by atoms with Crippen LogP contribution < -0.4 is 0 Å². The van der Waals surface area contributed by atoms with Gasteiger partial charge in [-0.15, -0.1) is 0 Å². The van der Waals surface area contributed by atoms with Crippen molar-refractivity contribution >= 4 is 6.03 Å². The van der Waals surface area contributed by atoms with Crippen LogP contribution in [0.1, 0.15) is 25.8 Å². The number of hydrogen-bond donors (Lipinski definition) is 0. The van der Waals surface area contributed by atoms with Gasteiger partial charge in [0.2, 0.25) is 0 Å². The lowest BCUT2D eigenvalue weighted by atomic mass is 10.1. The lowest BCUT2D eigenvalue weighted by Crippen LogP contribution is -2.40.